The van der Waals surface area contributed by atoms with E-state index in [0.717, 1.165) is 18.0 Å². The number of nitrogens with two attached hydrogens (primary N) is 1. The van der Waals surface area contributed by atoms with Crippen LogP contribution in [0.4, 0.5) is 11.6 Å². The Morgan fingerprint density at radius 2 is 1.66 bits per heavy atom. The second-order valence-corrected chi connectivity index (χ2v) is 13.2. The van der Waals surface area contributed by atoms with Crippen molar-refractivity contribution in [3.05, 3.63) is 85.3 Å². The number of carbonyl (C=O) groups excluding carboxylic acids is 3. The topological polar surface area (TPSA) is 148 Å². The molecule has 0 atom stereocenters. The number of benzene rings is 1. The van der Waals surface area contributed by atoms with Gasteiger partial charge in [0.15, 0.2) is 0 Å². The molecule has 0 saturated carbocycles. The molecule has 2 saturated heterocycles. The number of hydrogen-bond donors (Lipinski definition) is 2. The van der Waals surface area contributed by atoms with Gasteiger partial charge in [-0.2, -0.15) is 9.78 Å². The molecular weight excluding hydrogens is 644 g/mol. The highest BCUT2D eigenvalue weighted by Gasteiger charge is 2.25. The highest BCUT2D eigenvalue weighted by Crippen LogP contribution is 2.26. The average molecular weight is 679 g/mol. The molecule has 13 nitrogen and oxygen atoms in total. The molecule has 6 rings (SSSR count). The maximum absolute atomic E-state index is 14.3. The number of hydrogen-bond acceptors (Lipinski definition) is 10. The molecule has 3 N–H and O–H groups in total. The molecule has 2 aliphatic heterocycles. The number of thiophene rings is 1. The molecule has 1 aromatic carbocycles. The quantitative estimate of drug-likeness (QED) is 0.272. The number of morpholine rings is 1. The minimum absolute atomic E-state index is 0.126. The summed E-state index contributed by atoms with van der Waals surface area (Å²) in [6.07, 6.45) is 0. The Hall–Kier alpha value is -4.50. The largest absolute Gasteiger partial charge is 0.378 e. The SMILES string of the molecule is CN1CCN(C(=O)Cn2c(N3CCOCC3)ccc(-c3cc(NCc4ccc(Cl)s4)n(C(=O)c4ccc(C(N)=O)cc4)n3)c2=O)CC1. The van der Waals surface area contributed by atoms with Crippen LogP contribution in [0, 0.1) is 0 Å². The molecule has 15 heteroatoms. The lowest BCUT2D eigenvalue weighted by Gasteiger charge is -2.34. The number of nitrogens with one attached hydrogen (secondary N) is 1. The van der Waals surface area contributed by atoms with E-state index in [1.54, 1.807) is 23.1 Å². The van der Waals surface area contributed by atoms with Crippen LogP contribution in [0.15, 0.2) is 59.4 Å². The number of piperazine rings is 1. The van der Waals surface area contributed by atoms with Crippen LogP contribution in [0.1, 0.15) is 25.6 Å². The zero-order valence-corrected chi connectivity index (χ0v) is 27.4. The highest BCUT2D eigenvalue weighted by atomic mass is 35.5. The number of nitrogens with zero attached hydrogens (tertiary/aromatic N) is 6. The maximum atomic E-state index is 14.3. The summed E-state index contributed by atoms with van der Waals surface area (Å²) in [4.78, 5) is 60.0. The zero-order valence-electron chi connectivity index (χ0n) is 25.9. The van der Waals surface area contributed by atoms with Crippen LogP contribution in [-0.2, 0) is 22.6 Å². The minimum Gasteiger partial charge on any atom is -0.378 e. The zero-order chi connectivity index (χ0) is 33.1. The van der Waals surface area contributed by atoms with E-state index in [2.05, 4.69) is 15.3 Å². The van der Waals surface area contributed by atoms with E-state index >= 15 is 0 Å². The Kier molecular flexibility index (Phi) is 9.73. The van der Waals surface area contributed by atoms with Crippen LogP contribution in [-0.4, -0.2) is 101 Å². The van der Waals surface area contributed by atoms with E-state index in [9.17, 15) is 19.2 Å². The van der Waals surface area contributed by atoms with Gasteiger partial charge in [-0.25, -0.2) is 0 Å². The van der Waals surface area contributed by atoms with Crippen molar-refractivity contribution in [2.75, 3.05) is 69.7 Å². The van der Waals surface area contributed by atoms with E-state index in [1.807, 2.05) is 24.1 Å². The average Bonchev–Trinajstić information content (AvgIpc) is 3.70. The predicted molar refractivity (Wildman–Crippen MR) is 180 cm³/mol. The highest BCUT2D eigenvalue weighted by molar-refractivity contribution is 7.16. The van der Waals surface area contributed by atoms with Crippen molar-refractivity contribution in [2.24, 2.45) is 5.73 Å². The number of aromatic nitrogens is 3. The summed E-state index contributed by atoms with van der Waals surface area (Å²) in [5, 5.41) is 7.85. The number of likely N-dealkylation sites (N-methyl/N-ethyl adjacent to an activating group) is 1. The summed E-state index contributed by atoms with van der Waals surface area (Å²) in [5.74, 6) is -0.239. The Bertz CT molecular complexity index is 1840. The summed E-state index contributed by atoms with van der Waals surface area (Å²) in [6, 6.07) is 14.8. The van der Waals surface area contributed by atoms with E-state index in [4.69, 9.17) is 22.1 Å². The van der Waals surface area contributed by atoms with Crippen LogP contribution >= 0.6 is 22.9 Å². The van der Waals surface area contributed by atoms with Crippen molar-refractivity contribution in [2.45, 2.75) is 13.1 Å². The van der Waals surface area contributed by atoms with Gasteiger partial charge in [-0.3, -0.25) is 23.7 Å². The summed E-state index contributed by atoms with van der Waals surface area (Å²) >= 11 is 7.53. The number of anilines is 2. The molecule has 0 unspecified atom stereocenters. The number of ether oxygens (including phenoxy) is 1. The van der Waals surface area contributed by atoms with Gasteiger partial charge >= 0.3 is 0 Å². The Balaban J connectivity index is 1.38. The van der Waals surface area contributed by atoms with Crippen LogP contribution in [0.25, 0.3) is 11.3 Å². The van der Waals surface area contributed by atoms with Gasteiger partial charge in [0.25, 0.3) is 11.5 Å². The van der Waals surface area contributed by atoms with Crippen molar-refractivity contribution in [1.82, 2.24) is 24.1 Å². The van der Waals surface area contributed by atoms with Crippen molar-refractivity contribution < 1.29 is 19.1 Å². The van der Waals surface area contributed by atoms with E-state index < -0.39 is 17.4 Å². The van der Waals surface area contributed by atoms with E-state index in [-0.39, 0.29) is 34.8 Å². The lowest BCUT2D eigenvalue weighted by Crippen LogP contribution is -2.49. The maximum Gasteiger partial charge on any atom is 0.280 e. The van der Waals surface area contributed by atoms with E-state index in [1.165, 1.54) is 44.9 Å². The molecule has 3 aromatic heterocycles. The number of halogens is 1. The van der Waals surface area contributed by atoms with Gasteiger partial charge in [-0.15, -0.1) is 11.3 Å². The summed E-state index contributed by atoms with van der Waals surface area (Å²) in [6.45, 7) is 5.14. The van der Waals surface area contributed by atoms with Crippen molar-refractivity contribution in [3.8, 4) is 11.3 Å². The molecule has 4 aromatic rings. The lowest BCUT2D eigenvalue weighted by molar-refractivity contribution is -0.133. The summed E-state index contributed by atoms with van der Waals surface area (Å²) in [5.41, 5.74) is 6.02. The first-order valence-electron chi connectivity index (χ1n) is 15.2. The van der Waals surface area contributed by atoms with Crippen LogP contribution < -0.4 is 21.5 Å². The monoisotopic (exact) mass is 678 g/mol. The molecule has 2 amide bonds. The van der Waals surface area contributed by atoms with Gasteiger partial charge in [0.1, 0.15) is 23.9 Å². The van der Waals surface area contributed by atoms with Crippen molar-refractivity contribution >= 4 is 52.3 Å². The number of rotatable bonds is 9. The van der Waals surface area contributed by atoms with Crippen molar-refractivity contribution in [1.29, 1.82) is 0 Å². The number of pyridine rings is 1. The summed E-state index contributed by atoms with van der Waals surface area (Å²) in [7, 11) is 2.02. The fourth-order valence-corrected chi connectivity index (χ4v) is 6.62. The third-order valence-electron chi connectivity index (χ3n) is 8.30. The van der Waals surface area contributed by atoms with Gasteiger partial charge < -0.3 is 30.5 Å². The normalized spacial score (nSPS) is 15.5. The fourth-order valence-electron chi connectivity index (χ4n) is 5.59. The predicted octanol–water partition coefficient (Wildman–Crippen LogP) is 2.44. The smallest absolute Gasteiger partial charge is 0.280 e. The molecule has 47 heavy (non-hydrogen) atoms. The standard InChI is InChI=1S/C32H35ClN8O5S/c1-37-10-12-39(13-11-37)29(42)20-40-28(38-14-16-46-17-15-38)9-7-24(32(40)45)25-18-27(35-19-23-6-8-26(33)47-23)41(36-25)31(44)22-4-2-21(3-5-22)30(34)43/h2-9,18,35H,10-17,19-20H2,1H3,(H2,34,43). The first-order chi connectivity index (χ1) is 22.7. The Morgan fingerprint density at radius 1 is 0.957 bits per heavy atom. The van der Waals surface area contributed by atoms with Crippen LogP contribution in [0.3, 0.4) is 0 Å². The Morgan fingerprint density at radius 3 is 2.32 bits per heavy atom. The minimum atomic E-state index is -0.606. The molecule has 2 aliphatic rings. The second kappa shape index (κ2) is 14.1. The van der Waals surface area contributed by atoms with E-state index in [0.29, 0.717) is 61.9 Å². The molecule has 0 spiro atoms. The third kappa shape index (κ3) is 7.25. The molecule has 0 aliphatic carbocycles. The molecule has 0 radical (unpaired) electrons. The third-order valence-corrected chi connectivity index (χ3v) is 9.53. The number of carbonyl (C=O) groups is 3. The first kappa shape index (κ1) is 32.4. The molecule has 246 valence electrons. The van der Waals surface area contributed by atoms with Gasteiger partial charge in [0, 0.05) is 61.3 Å². The van der Waals surface area contributed by atoms with Crippen LogP contribution in [0.2, 0.25) is 4.34 Å². The molecular formula is C32H35ClN8O5S. The number of amides is 2. The lowest BCUT2D eigenvalue weighted by atomic mass is 10.1. The fraction of sp³-hybridized carbons (Fsp3) is 0.344. The van der Waals surface area contributed by atoms with Gasteiger partial charge in [-0.1, -0.05) is 11.6 Å². The van der Waals surface area contributed by atoms with Crippen LogP contribution in [0.5, 0.6) is 0 Å². The molecule has 0 bridgehead atoms. The molecule has 2 fully saturated rings. The van der Waals surface area contributed by atoms with Gasteiger partial charge in [0.2, 0.25) is 11.8 Å². The first-order valence-corrected chi connectivity index (χ1v) is 16.4. The molecule has 5 heterocycles. The van der Waals surface area contributed by atoms with Gasteiger partial charge in [0.05, 0.1) is 29.7 Å². The van der Waals surface area contributed by atoms with Crippen molar-refractivity contribution in [3.63, 3.8) is 0 Å². The Labute approximate surface area is 280 Å². The number of primary amides is 1. The second-order valence-electron chi connectivity index (χ2n) is 11.4. The van der Waals surface area contributed by atoms with Gasteiger partial charge in [-0.05, 0) is 55.6 Å². The summed E-state index contributed by atoms with van der Waals surface area (Å²) < 4.78 is 8.86.